The van der Waals surface area contributed by atoms with Gasteiger partial charge < -0.3 is 14.6 Å². The molecule has 0 aliphatic rings. The number of aromatic nitrogens is 1. The summed E-state index contributed by atoms with van der Waals surface area (Å²) in [4.78, 5) is 24.2. The summed E-state index contributed by atoms with van der Waals surface area (Å²) >= 11 is 0. The molecule has 0 radical (unpaired) electrons. The van der Waals surface area contributed by atoms with E-state index in [0.29, 0.717) is 11.6 Å². The van der Waals surface area contributed by atoms with Crippen molar-refractivity contribution in [3.63, 3.8) is 0 Å². The zero-order chi connectivity index (χ0) is 20.3. The Bertz CT molecular complexity index is 1040. The van der Waals surface area contributed by atoms with Crippen LogP contribution in [0.4, 0.5) is 18.9 Å². The smallest absolute Gasteiger partial charge is 0.344 e. The second-order valence-electron chi connectivity index (χ2n) is 5.68. The van der Waals surface area contributed by atoms with Crippen molar-refractivity contribution in [3.8, 4) is 11.3 Å². The minimum Gasteiger partial charge on any atom is -0.452 e. The first-order valence-electron chi connectivity index (χ1n) is 8.00. The third kappa shape index (κ3) is 3.88. The van der Waals surface area contributed by atoms with Gasteiger partial charge in [0.25, 0.3) is 5.91 Å². The lowest BCUT2D eigenvalue weighted by molar-refractivity contribution is -0.119. The van der Waals surface area contributed by atoms with Crippen molar-refractivity contribution in [3.05, 3.63) is 71.2 Å². The number of rotatable bonds is 5. The molecular formula is C19H13F3N2O4. The Hall–Kier alpha value is -3.62. The number of esters is 1. The molecule has 1 amide bonds. The molecule has 0 saturated heterocycles. The van der Waals surface area contributed by atoms with Crippen LogP contribution < -0.4 is 5.32 Å². The molecular weight excluding hydrogens is 377 g/mol. The van der Waals surface area contributed by atoms with Gasteiger partial charge in [-0.15, -0.1) is 0 Å². The van der Waals surface area contributed by atoms with E-state index >= 15 is 0 Å². The van der Waals surface area contributed by atoms with Gasteiger partial charge in [-0.1, -0.05) is 35.5 Å². The number of nitrogens with zero attached hydrogens (tertiary/aromatic N) is 1. The highest BCUT2D eigenvalue weighted by molar-refractivity contribution is 5.99. The molecule has 0 aliphatic carbocycles. The Kier molecular flexibility index (Phi) is 5.44. The van der Waals surface area contributed by atoms with E-state index < -0.39 is 41.6 Å². The van der Waals surface area contributed by atoms with E-state index in [4.69, 9.17) is 9.26 Å². The highest BCUT2D eigenvalue weighted by atomic mass is 19.2. The lowest BCUT2D eigenvalue weighted by atomic mass is 10.1. The number of amides is 1. The zero-order valence-electron chi connectivity index (χ0n) is 14.5. The van der Waals surface area contributed by atoms with Crippen molar-refractivity contribution in [2.24, 2.45) is 0 Å². The Labute approximate surface area is 156 Å². The molecule has 0 atom stereocenters. The predicted octanol–water partition coefficient (Wildman–Crippen LogP) is 3.86. The number of carbonyl (C=O) groups is 2. The van der Waals surface area contributed by atoms with Gasteiger partial charge in [0, 0.05) is 5.56 Å². The molecule has 6 nitrogen and oxygen atoms in total. The SMILES string of the molecule is Cc1onc(-c2ccccc2)c1C(=O)OCC(=O)Nc1ccc(F)c(F)c1F. The molecule has 0 bridgehead atoms. The second-order valence-corrected chi connectivity index (χ2v) is 5.68. The van der Waals surface area contributed by atoms with E-state index in [9.17, 15) is 22.8 Å². The van der Waals surface area contributed by atoms with E-state index in [0.717, 1.165) is 6.07 Å². The van der Waals surface area contributed by atoms with Crippen LogP contribution in [-0.2, 0) is 9.53 Å². The molecule has 9 heteroatoms. The zero-order valence-corrected chi connectivity index (χ0v) is 14.5. The molecule has 1 aromatic heterocycles. The molecule has 0 spiro atoms. The Morgan fingerprint density at radius 1 is 1.07 bits per heavy atom. The Morgan fingerprint density at radius 3 is 2.50 bits per heavy atom. The predicted molar refractivity (Wildman–Crippen MR) is 91.9 cm³/mol. The van der Waals surface area contributed by atoms with Crippen molar-refractivity contribution in [2.75, 3.05) is 11.9 Å². The summed E-state index contributed by atoms with van der Waals surface area (Å²) in [5.74, 6) is -6.29. The molecule has 0 aliphatic heterocycles. The minimum atomic E-state index is -1.72. The van der Waals surface area contributed by atoms with Gasteiger partial charge >= 0.3 is 5.97 Å². The quantitative estimate of drug-likeness (QED) is 0.529. The topological polar surface area (TPSA) is 81.4 Å². The molecule has 3 aromatic rings. The molecule has 1 heterocycles. The maximum Gasteiger partial charge on any atom is 0.344 e. The van der Waals surface area contributed by atoms with Gasteiger partial charge in [0.2, 0.25) is 0 Å². The van der Waals surface area contributed by atoms with Crippen LogP contribution in [0.1, 0.15) is 16.1 Å². The summed E-state index contributed by atoms with van der Waals surface area (Å²) in [6.45, 7) is 0.725. The van der Waals surface area contributed by atoms with Crippen LogP contribution in [0, 0.1) is 24.4 Å². The molecule has 144 valence electrons. The summed E-state index contributed by atoms with van der Waals surface area (Å²) in [5.41, 5.74) is 0.318. The average molecular weight is 390 g/mol. The van der Waals surface area contributed by atoms with Crippen LogP contribution in [0.2, 0.25) is 0 Å². The van der Waals surface area contributed by atoms with E-state index in [1.54, 1.807) is 30.3 Å². The van der Waals surface area contributed by atoms with E-state index in [1.165, 1.54) is 6.92 Å². The van der Waals surface area contributed by atoms with Crippen molar-refractivity contribution in [1.29, 1.82) is 0 Å². The molecule has 1 N–H and O–H groups in total. The minimum absolute atomic E-state index is 0.0398. The molecule has 2 aromatic carbocycles. The fourth-order valence-electron chi connectivity index (χ4n) is 2.42. The number of halogens is 3. The number of benzene rings is 2. The van der Waals surface area contributed by atoms with Crippen molar-refractivity contribution in [1.82, 2.24) is 5.16 Å². The lowest BCUT2D eigenvalue weighted by Gasteiger charge is -2.08. The first-order chi connectivity index (χ1) is 13.4. The third-order valence-electron chi connectivity index (χ3n) is 3.76. The largest absolute Gasteiger partial charge is 0.452 e. The number of anilines is 1. The summed E-state index contributed by atoms with van der Waals surface area (Å²) < 4.78 is 49.6. The molecule has 0 saturated carbocycles. The van der Waals surface area contributed by atoms with E-state index in [1.807, 2.05) is 5.32 Å². The summed E-state index contributed by atoms with van der Waals surface area (Å²) in [7, 11) is 0. The van der Waals surface area contributed by atoms with Crippen LogP contribution in [0.5, 0.6) is 0 Å². The highest BCUT2D eigenvalue weighted by Gasteiger charge is 2.24. The normalized spacial score (nSPS) is 10.6. The van der Waals surface area contributed by atoms with Crippen LogP contribution in [-0.4, -0.2) is 23.6 Å². The number of ether oxygens (including phenoxy) is 1. The van der Waals surface area contributed by atoms with Gasteiger partial charge in [-0.05, 0) is 19.1 Å². The van der Waals surface area contributed by atoms with E-state index in [2.05, 4.69) is 5.16 Å². The molecule has 3 rings (SSSR count). The molecule has 28 heavy (non-hydrogen) atoms. The Morgan fingerprint density at radius 2 is 1.79 bits per heavy atom. The summed E-state index contributed by atoms with van der Waals surface area (Å²) in [5, 5.41) is 5.83. The van der Waals surface area contributed by atoms with Crippen LogP contribution >= 0.6 is 0 Å². The number of hydrogen-bond acceptors (Lipinski definition) is 5. The summed E-state index contributed by atoms with van der Waals surface area (Å²) in [6.07, 6.45) is 0. The van der Waals surface area contributed by atoms with Crippen LogP contribution in [0.3, 0.4) is 0 Å². The fraction of sp³-hybridized carbons (Fsp3) is 0.105. The standard InChI is InChI=1S/C19H13F3N2O4/c1-10-15(18(24-28-10)11-5-3-2-4-6-11)19(26)27-9-14(25)23-13-8-7-12(20)16(21)17(13)22/h2-8H,9H2,1H3,(H,23,25). The first-order valence-corrected chi connectivity index (χ1v) is 8.00. The summed E-state index contributed by atoms with van der Waals surface area (Å²) in [6, 6.07) is 10.2. The van der Waals surface area contributed by atoms with Gasteiger partial charge in [0.05, 0.1) is 5.69 Å². The maximum atomic E-state index is 13.6. The van der Waals surface area contributed by atoms with Crippen molar-refractivity contribution in [2.45, 2.75) is 6.92 Å². The highest BCUT2D eigenvalue weighted by Crippen LogP contribution is 2.25. The van der Waals surface area contributed by atoms with E-state index in [-0.39, 0.29) is 17.0 Å². The van der Waals surface area contributed by atoms with Crippen molar-refractivity contribution >= 4 is 17.6 Å². The third-order valence-corrected chi connectivity index (χ3v) is 3.76. The van der Waals surface area contributed by atoms with Gasteiger partial charge in [0.15, 0.2) is 24.1 Å². The molecule has 0 fully saturated rings. The number of hydrogen-bond donors (Lipinski definition) is 1. The van der Waals surface area contributed by atoms with Crippen LogP contribution in [0.25, 0.3) is 11.3 Å². The van der Waals surface area contributed by atoms with Gasteiger partial charge in [-0.25, -0.2) is 18.0 Å². The van der Waals surface area contributed by atoms with Gasteiger partial charge in [0.1, 0.15) is 17.0 Å². The second kappa shape index (κ2) is 7.95. The Balaban J connectivity index is 1.69. The average Bonchev–Trinajstić information content (AvgIpc) is 3.09. The fourth-order valence-corrected chi connectivity index (χ4v) is 2.42. The van der Waals surface area contributed by atoms with Gasteiger partial charge in [-0.3, -0.25) is 4.79 Å². The van der Waals surface area contributed by atoms with Crippen LogP contribution in [0.15, 0.2) is 47.0 Å². The number of aryl methyl sites for hydroxylation is 1. The lowest BCUT2D eigenvalue weighted by Crippen LogP contribution is -2.22. The maximum absolute atomic E-state index is 13.6. The van der Waals surface area contributed by atoms with Gasteiger partial charge in [-0.2, -0.15) is 0 Å². The molecule has 0 unspecified atom stereocenters. The first kappa shape index (κ1) is 19.2. The monoisotopic (exact) mass is 390 g/mol. The van der Waals surface area contributed by atoms with Crippen molar-refractivity contribution < 1.29 is 32.0 Å². The number of nitrogens with one attached hydrogen (secondary N) is 1. The number of carbonyl (C=O) groups excluding carboxylic acids is 2.